The van der Waals surface area contributed by atoms with Crippen molar-refractivity contribution in [1.29, 1.82) is 0 Å². The van der Waals surface area contributed by atoms with Crippen molar-refractivity contribution in [2.45, 2.75) is 31.7 Å². The summed E-state index contributed by atoms with van der Waals surface area (Å²) in [6, 6.07) is 7.44. The lowest BCUT2D eigenvalue weighted by molar-refractivity contribution is -0.115. The lowest BCUT2D eigenvalue weighted by Gasteiger charge is -2.17. The van der Waals surface area contributed by atoms with Crippen molar-refractivity contribution in [3.63, 3.8) is 0 Å². The first kappa shape index (κ1) is 18.3. The van der Waals surface area contributed by atoms with E-state index in [0.29, 0.717) is 23.1 Å². The predicted octanol–water partition coefficient (Wildman–Crippen LogP) is 2.57. The van der Waals surface area contributed by atoms with Gasteiger partial charge < -0.3 is 15.0 Å². The molecule has 1 fully saturated rings. The second-order valence-corrected chi connectivity index (χ2v) is 7.44. The second kappa shape index (κ2) is 7.25. The van der Waals surface area contributed by atoms with E-state index in [1.165, 1.54) is 11.2 Å². The number of ether oxygens (including phenoxy) is 1. The highest BCUT2D eigenvalue weighted by Crippen LogP contribution is 2.31. The Kier molecular flexibility index (Phi) is 4.42. The molecule has 2 aliphatic rings. The molecule has 9 nitrogen and oxygen atoms in total. The fourth-order valence-corrected chi connectivity index (χ4v) is 3.92. The van der Waals surface area contributed by atoms with Crippen LogP contribution in [0.25, 0.3) is 11.0 Å². The molecule has 9 heteroatoms. The number of benzene rings is 1. The van der Waals surface area contributed by atoms with Crippen LogP contribution >= 0.6 is 0 Å². The molecule has 0 bridgehead atoms. The number of rotatable bonds is 3. The van der Waals surface area contributed by atoms with Gasteiger partial charge in [0.25, 0.3) is 11.8 Å². The quantitative estimate of drug-likeness (QED) is 0.720. The van der Waals surface area contributed by atoms with Gasteiger partial charge in [0.15, 0.2) is 5.65 Å². The van der Waals surface area contributed by atoms with Crippen molar-refractivity contribution in [3.8, 4) is 5.75 Å². The maximum atomic E-state index is 12.8. The van der Waals surface area contributed by atoms with Crippen molar-refractivity contribution in [1.82, 2.24) is 25.1 Å². The Morgan fingerprint density at radius 1 is 1.20 bits per heavy atom. The third kappa shape index (κ3) is 3.08. The molecular weight excluding hydrogens is 384 g/mol. The van der Waals surface area contributed by atoms with Crippen LogP contribution in [0.4, 0.5) is 5.69 Å². The van der Waals surface area contributed by atoms with Crippen molar-refractivity contribution >= 4 is 28.5 Å². The molecule has 1 aromatic carbocycles. The molecule has 0 atom stereocenters. The number of anilines is 1. The average Bonchev–Trinajstić information content (AvgIpc) is 3.42. The van der Waals surface area contributed by atoms with E-state index in [2.05, 4.69) is 20.4 Å². The fraction of sp³-hybridized carbons (Fsp3) is 0.286. The summed E-state index contributed by atoms with van der Waals surface area (Å²) in [7, 11) is 1.62. The Morgan fingerprint density at radius 2 is 2.00 bits per heavy atom. The van der Waals surface area contributed by atoms with Crippen LogP contribution in [-0.4, -0.2) is 38.6 Å². The van der Waals surface area contributed by atoms with Crippen LogP contribution in [0, 0.1) is 0 Å². The molecule has 1 aliphatic heterocycles. The van der Waals surface area contributed by atoms with E-state index in [1.807, 2.05) is 16.8 Å². The number of hydrogen-bond donors (Lipinski definition) is 1. The smallest absolute Gasteiger partial charge is 0.293 e. The molecule has 2 aromatic heterocycles. The van der Waals surface area contributed by atoms with E-state index < -0.39 is 11.8 Å². The van der Waals surface area contributed by atoms with E-state index in [0.717, 1.165) is 31.1 Å². The zero-order valence-corrected chi connectivity index (χ0v) is 16.4. The Morgan fingerprint density at radius 3 is 2.83 bits per heavy atom. The maximum absolute atomic E-state index is 12.8. The summed E-state index contributed by atoms with van der Waals surface area (Å²) in [6.45, 7) is 0. The van der Waals surface area contributed by atoms with E-state index in [9.17, 15) is 9.59 Å². The number of nitrogens with zero attached hydrogens (tertiary/aromatic N) is 5. The third-order valence-electron chi connectivity index (χ3n) is 5.52. The van der Waals surface area contributed by atoms with Crippen molar-refractivity contribution in [3.05, 3.63) is 54.4 Å². The molecule has 2 amide bonds. The first-order chi connectivity index (χ1) is 14.6. The molecule has 0 radical (unpaired) electrons. The second-order valence-electron chi connectivity index (χ2n) is 7.44. The lowest BCUT2D eigenvalue weighted by Crippen LogP contribution is -2.36. The number of likely N-dealkylation sites (N-methyl/N-ethyl adjacent to an activating group) is 1. The van der Waals surface area contributed by atoms with Crippen LogP contribution < -0.4 is 15.0 Å². The van der Waals surface area contributed by atoms with Crippen molar-refractivity contribution in [2.24, 2.45) is 0 Å². The normalized spacial score (nSPS) is 16.8. The number of aromatic nitrogens is 4. The summed E-state index contributed by atoms with van der Waals surface area (Å²) in [5, 5.41) is 7.81. The van der Waals surface area contributed by atoms with E-state index in [1.54, 1.807) is 31.6 Å². The molecule has 1 saturated carbocycles. The Balaban J connectivity index is 1.41. The summed E-state index contributed by atoms with van der Waals surface area (Å²) in [5.74, 6) is -0.486. The monoisotopic (exact) mass is 404 g/mol. The summed E-state index contributed by atoms with van der Waals surface area (Å²) in [5.41, 5.74) is 1.25. The minimum atomic E-state index is -0.585. The Bertz CT molecular complexity index is 1180. The van der Waals surface area contributed by atoms with E-state index in [4.69, 9.17) is 4.74 Å². The first-order valence-electron chi connectivity index (χ1n) is 9.87. The average molecular weight is 404 g/mol. The molecule has 0 saturated heterocycles. The van der Waals surface area contributed by atoms with Gasteiger partial charge in [-0.1, -0.05) is 25.0 Å². The number of carbonyl (C=O) groups excluding carboxylic acids is 2. The van der Waals surface area contributed by atoms with Gasteiger partial charge in [-0.15, -0.1) is 0 Å². The van der Waals surface area contributed by atoms with Crippen LogP contribution in [0.3, 0.4) is 0 Å². The predicted molar refractivity (Wildman–Crippen MR) is 109 cm³/mol. The zero-order valence-electron chi connectivity index (χ0n) is 16.4. The highest BCUT2D eigenvalue weighted by atomic mass is 16.5. The molecule has 30 heavy (non-hydrogen) atoms. The van der Waals surface area contributed by atoms with Crippen LogP contribution in [0.5, 0.6) is 5.75 Å². The third-order valence-corrected chi connectivity index (χ3v) is 5.52. The van der Waals surface area contributed by atoms with Gasteiger partial charge in [0, 0.05) is 13.2 Å². The molecule has 3 aromatic rings. The van der Waals surface area contributed by atoms with Gasteiger partial charge >= 0.3 is 0 Å². The topological polar surface area (TPSA) is 102 Å². The van der Waals surface area contributed by atoms with Crippen molar-refractivity contribution in [2.75, 3.05) is 11.9 Å². The molecule has 1 aliphatic carbocycles. The number of hydrogen-bond acceptors (Lipinski definition) is 6. The van der Waals surface area contributed by atoms with Gasteiger partial charge in [0.05, 0.1) is 23.3 Å². The Hall–Kier alpha value is -3.75. The van der Waals surface area contributed by atoms with Crippen molar-refractivity contribution < 1.29 is 14.3 Å². The zero-order chi connectivity index (χ0) is 20.7. The summed E-state index contributed by atoms with van der Waals surface area (Å²) in [6.07, 6.45) is 8.96. The molecular formula is C21H20N6O3. The molecule has 1 N–H and O–H groups in total. The first-order valence-corrected chi connectivity index (χ1v) is 9.87. The largest absolute Gasteiger partial charge is 0.460 e. The van der Waals surface area contributed by atoms with Gasteiger partial charge in [-0.25, -0.2) is 14.6 Å². The van der Waals surface area contributed by atoms with Gasteiger partial charge in [-0.05, 0) is 25.0 Å². The molecule has 5 rings (SSSR count). The van der Waals surface area contributed by atoms with Crippen LogP contribution in [0.15, 0.2) is 48.6 Å². The van der Waals surface area contributed by atoms with E-state index in [-0.39, 0.29) is 11.5 Å². The highest BCUT2D eigenvalue weighted by Gasteiger charge is 2.26. The minimum absolute atomic E-state index is 0.00620. The van der Waals surface area contributed by atoms with Crippen LogP contribution in [0.1, 0.15) is 42.3 Å². The van der Waals surface area contributed by atoms with Gasteiger partial charge in [-0.2, -0.15) is 5.10 Å². The van der Waals surface area contributed by atoms with Crippen LogP contribution in [0.2, 0.25) is 0 Å². The summed E-state index contributed by atoms with van der Waals surface area (Å²) in [4.78, 5) is 35.6. The SMILES string of the molecule is CN1C(=O)C(NC(=O)c2ncc3cnn(C4CCCC4)c3n2)=COc2ccccc21. The summed E-state index contributed by atoms with van der Waals surface area (Å²) < 4.78 is 7.47. The van der Waals surface area contributed by atoms with Crippen LogP contribution in [-0.2, 0) is 4.79 Å². The summed E-state index contributed by atoms with van der Waals surface area (Å²) >= 11 is 0. The minimum Gasteiger partial charge on any atom is -0.460 e. The maximum Gasteiger partial charge on any atom is 0.293 e. The highest BCUT2D eigenvalue weighted by molar-refractivity contribution is 6.09. The lowest BCUT2D eigenvalue weighted by atomic mass is 10.2. The number of amides is 2. The van der Waals surface area contributed by atoms with Gasteiger partial charge in [0.1, 0.15) is 17.7 Å². The van der Waals surface area contributed by atoms with E-state index >= 15 is 0 Å². The number of nitrogens with one attached hydrogen (secondary N) is 1. The number of carbonyl (C=O) groups is 2. The molecule has 3 heterocycles. The standard InChI is InChI=1S/C21H20N6O3/c1-26-16-8-4-5-9-17(16)30-12-15(21(26)29)24-20(28)18-22-10-13-11-23-27(19(13)25-18)14-6-2-3-7-14/h4-5,8-12,14H,2-3,6-7H2,1H3,(H,24,28). The fourth-order valence-electron chi connectivity index (χ4n) is 3.92. The molecule has 0 spiro atoms. The van der Waals surface area contributed by atoms with Gasteiger partial charge in [-0.3, -0.25) is 9.59 Å². The number of para-hydroxylation sites is 2. The van der Waals surface area contributed by atoms with Gasteiger partial charge in [0.2, 0.25) is 5.82 Å². The molecule has 152 valence electrons. The Labute approximate surface area is 172 Å². The molecule has 0 unspecified atom stereocenters. The number of fused-ring (bicyclic) bond motifs is 2.